The van der Waals surface area contributed by atoms with Crippen molar-refractivity contribution >= 4 is 21.8 Å². The topological polar surface area (TPSA) is 25.8 Å². The van der Waals surface area contributed by atoms with Crippen molar-refractivity contribution in [2.75, 3.05) is 0 Å². The molecule has 0 bridgehead atoms. The maximum absolute atomic E-state index is 4.91. The lowest BCUT2D eigenvalue weighted by Crippen LogP contribution is -2.12. The van der Waals surface area contributed by atoms with E-state index in [1.54, 1.807) is 0 Å². The largest absolute Gasteiger partial charge is 0.249 e. The summed E-state index contributed by atoms with van der Waals surface area (Å²) in [6.07, 6.45) is 0. The Morgan fingerprint density at radius 2 is 1.40 bits per heavy atom. The van der Waals surface area contributed by atoms with Crippen molar-refractivity contribution in [2.45, 2.75) is 33.1 Å². The van der Waals surface area contributed by atoms with Crippen LogP contribution in [0.3, 0.4) is 0 Å². The minimum Gasteiger partial charge on any atom is -0.249 e. The fraction of sp³-hybridized carbons (Fsp3) is 0.217. The highest BCUT2D eigenvalue weighted by Gasteiger charge is 2.19. The molecule has 0 saturated carbocycles. The van der Waals surface area contributed by atoms with Crippen molar-refractivity contribution < 1.29 is 0 Å². The zero-order valence-corrected chi connectivity index (χ0v) is 15.2. The van der Waals surface area contributed by atoms with E-state index in [2.05, 4.69) is 57.2 Å². The number of hydrogen-bond acceptors (Lipinski definition) is 2. The average Bonchev–Trinajstić information content (AvgIpc) is 2.59. The first kappa shape index (κ1) is 15.8. The second-order valence-corrected chi connectivity index (χ2v) is 7.64. The summed E-state index contributed by atoms with van der Waals surface area (Å²) >= 11 is 0. The predicted octanol–water partition coefficient (Wildman–Crippen LogP) is 6.06. The van der Waals surface area contributed by atoms with Crippen molar-refractivity contribution in [2.24, 2.45) is 0 Å². The van der Waals surface area contributed by atoms with Crippen LogP contribution in [0.2, 0.25) is 0 Å². The normalized spacial score (nSPS) is 12.0. The van der Waals surface area contributed by atoms with Crippen LogP contribution in [0, 0.1) is 6.92 Å². The molecule has 0 radical (unpaired) electrons. The van der Waals surface area contributed by atoms with E-state index in [-0.39, 0.29) is 5.41 Å². The van der Waals surface area contributed by atoms with Gasteiger partial charge in [-0.1, -0.05) is 57.2 Å². The number of para-hydroxylation sites is 2. The molecular formula is C23H22N2. The molecule has 25 heavy (non-hydrogen) atoms. The monoisotopic (exact) mass is 326 g/mol. The molecule has 2 nitrogen and oxygen atoms in total. The molecule has 4 rings (SSSR count). The first-order valence-electron chi connectivity index (χ1n) is 8.70. The van der Waals surface area contributed by atoms with Gasteiger partial charge in [0.25, 0.3) is 0 Å². The molecule has 0 aliphatic heterocycles. The molecule has 2 heteroatoms. The van der Waals surface area contributed by atoms with Crippen LogP contribution >= 0.6 is 0 Å². The molecule has 0 amide bonds. The van der Waals surface area contributed by atoms with Crippen LogP contribution in [0.25, 0.3) is 33.1 Å². The molecule has 0 saturated heterocycles. The highest BCUT2D eigenvalue weighted by molar-refractivity contribution is 5.91. The van der Waals surface area contributed by atoms with Crippen LogP contribution < -0.4 is 0 Å². The molecule has 0 spiro atoms. The average molecular weight is 326 g/mol. The van der Waals surface area contributed by atoms with Gasteiger partial charge >= 0.3 is 0 Å². The first-order chi connectivity index (χ1) is 11.9. The number of nitrogens with zero attached hydrogens (tertiary/aromatic N) is 2. The number of hydrogen-bond donors (Lipinski definition) is 0. The lowest BCUT2D eigenvalue weighted by atomic mass is 9.82. The number of fused-ring (bicyclic) bond motifs is 2. The number of rotatable bonds is 1. The maximum atomic E-state index is 4.91. The molecule has 0 unspecified atom stereocenters. The van der Waals surface area contributed by atoms with E-state index in [4.69, 9.17) is 9.97 Å². The Bertz CT molecular complexity index is 1090. The van der Waals surface area contributed by atoms with Gasteiger partial charge in [-0.2, -0.15) is 0 Å². The second-order valence-electron chi connectivity index (χ2n) is 7.64. The van der Waals surface area contributed by atoms with Crippen LogP contribution in [0.15, 0.2) is 60.7 Å². The molecule has 0 N–H and O–H groups in total. The molecule has 1 aromatic heterocycles. The van der Waals surface area contributed by atoms with E-state index in [0.717, 1.165) is 28.0 Å². The van der Waals surface area contributed by atoms with Gasteiger partial charge in [0.1, 0.15) is 0 Å². The van der Waals surface area contributed by atoms with Gasteiger partial charge in [-0.25, -0.2) is 9.97 Å². The highest BCUT2D eigenvalue weighted by atomic mass is 14.8. The van der Waals surface area contributed by atoms with Gasteiger partial charge in [-0.3, -0.25) is 0 Å². The van der Waals surface area contributed by atoms with Crippen molar-refractivity contribution in [3.63, 3.8) is 0 Å². The Hall–Kier alpha value is -2.74. The first-order valence-corrected chi connectivity index (χ1v) is 8.70. The molecule has 1 heterocycles. The summed E-state index contributed by atoms with van der Waals surface area (Å²) in [5.41, 5.74) is 6.36. The smallest absolute Gasteiger partial charge is 0.0922 e. The van der Waals surface area contributed by atoms with Crippen molar-refractivity contribution in [1.82, 2.24) is 9.97 Å². The summed E-state index contributed by atoms with van der Waals surface area (Å²) in [6, 6.07) is 21.2. The Labute approximate surface area is 148 Å². The fourth-order valence-corrected chi connectivity index (χ4v) is 3.43. The third-order valence-corrected chi connectivity index (χ3v) is 4.69. The van der Waals surface area contributed by atoms with Crippen molar-refractivity contribution in [3.05, 3.63) is 71.9 Å². The van der Waals surface area contributed by atoms with E-state index in [9.17, 15) is 0 Å². The van der Waals surface area contributed by atoms with Gasteiger partial charge < -0.3 is 0 Å². The van der Waals surface area contributed by atoms with E-state index in [1.807, 2.05) is 31.2 Å². The predicted molar refractivity (Wildman–Crippen MR) is 106 cm³/mol. The van der Waals surface area contributed by atoms with Gasteiger partial charge in [0.05, 0.1) is 22.4 Å². The van der Waals surface area contributed by atoms with Gasteiger partial charge in [0.2, 0.25) is 0 Å². The Kier molecular flexibility index (Phi) is 3.57. The van der Waals surface area contributed by atoms with Crippen molar-refractivity contribution in [3.8, 4) is 11.3 Å². The number of aromatic nitrogens is 2. The zero-order chi connectivity index (χ0) is 17.6. The zero-order valence-electron chi connectivity index (χ0n) is 15.2. The Balaban J connectivity index is 2.03. The third kappa shape index (κ3) is 2.78. The van der Waals surface area contributed by atoms with E-state index >= 15 is 0 Å². The van der Waals surface area contributed by atoms with Gasteiger partial charge in [-0.15, -0.1) is 0 Å². The lowest BCUT2D eigenvalue weighted by molar-refractivity contribution is 0.596. The molecule has 0 aliphatic carbocycles. The molecule has 3 aromatic carbocycles. The summed E-state index contributed by atoms with van der Waals surface area (Å²) in [7, 11) is 0. The van der Waals surface area contributed by atoms with Crippen LogP contribution in [0.4, 0.5) is 0 Å². The molecule has 0 atom stereocenters. The van der Waals surface area contributed by atoms with Crippen LogP contribution in [-0.2, 0) is 5.41 Å². The maximum Gasteiger partial charge on any atom is 0.0922 e. The molecular weight excluding hydrogens is 304 g/mol. The van der Waals surface area contributed by atoms with Crippen LogP contribution in [0.1, 0.15) is 32.0 Å². The van der Waals surface area contributed by atoms with Gasteiger partial charge in [0.15, 0.2) is 0 Å². The van der Waals surface area contributed by atoms with Gasteiger partial charge in [0, 0.05) is 5.56 Å². The Morgan fingerprint density at radius 1 is 0.760 bits per heavy atom. The number of benzene rings is 3. The van der Waals surface area contributed by atoms with E-state index in [0.29, 0.717) is 0 Å². The molecule has 0 aliphatic rings. The van der Waals surface area contributed by atoms with Gasteiger partial charge in [-0.05, 0) is 52.9 Å². The quantitative estimate of drug-likeness (QED) is 0.425. The summed E-state index contributed by atoms with van der Waals surface area (Å²) in [5.74, 6) is 0. The molecule has 0 fully saturated rings. The SMILES string of the molecule is Cc1nc2ccccc2nc1-c1cc(C(C)(C)C)c2ccccc2c1. The lowest BCUT2D eigenvalue weighted by Gasteiger charge is -2.23. The van der Waals surface area contributed by atoms with Crippen LogP contribution in [-0.4, -0.2) is 9.97 Å². The second kappa shape index (κ2) is 5.66. The summed E-state index contributed by atoms with van der Waals surface area (Å²) in [5, 5.41) is 2.56. The van der Waals surface area contributed by atoms with Crippen LogP contribution in [0.5, 0.6) is 0 Å². The molecule has 4 aromatic rings. The highest BCUT2D eigenvalue weighted by Crippen LogP contribution is 2.35. The molecule has 124 valence electrons. The third-order valence-electron chi connectivity index (χ3n) is 4.69. The minimum absolute atomic E-state index is 0.0633. The van der Waals surface area contributed by atoms with E-state index in [1.165, 1.54) is 16.3 Å². The number of aryl methyl sites for hydroxylation is 1. The standard InChI is InChI=1S/C23H22N2/c1-15-22(25-21-12-8-7-11-20(21)24-15)17-13-16-9-5-6-10-18(16)19(14-17)23(2,3)4/h5-14H,1-4H3. The fourth-order valence-electron chi connectivity index (χ4n) is 3.43. The van der Waals surface area contributed by atoms with E-state index < -0.39 is 0 Å². The Morgan fingerprint density at radius 3 is 2.12 bits per heavy atom. The van der Waals surface area contributed by atoms with Crippen molar-refractivity contribution in [1.29, 1.82) is 0 Å². The summed E-state index contributed by atoms with van der Waals surface area (Å²) < 4.78 is 0. The minimum atomic E-state index is 0.0633. The summed E-state index contributed by atoms with van der Waals surface area (Å²) in [4.78, 5) is 9.67. The summed E-state index contributed by atoms with van der Waals surface area (Å²) in [6.45, 7) is 8.83.